The number of hydrogen-bond acceptors (Lipinski definition) is 4. The first-order valence-corrected chi connectivity index (χ1v) is 9.81. The monoisotopic (exact) mass is 415 g/mol. The molecule has 0 aliphatic carbocycles. The normalized spacial score (nSPS) is 16.0. The maximum absolute atomic E-state index is 14.2. The summed E-state index contributed by atoms with van der Waals surface area (Å²) in [7, 11) is 0. The third-order valence-corrected chi connectivity index (χ3v) is 4.76. The van der Waals surface area contributed by atoms with E-state index in [9.17, 15) is 14.0 Å². The molecule has 1 unspecified atom stereocenters. The van der Waals surface area contributed by atoms with Crippen molar-refractivity contribution in [2.75, 3.05) is 19.8 Å². The summed E-state index contributed by atoms with van der Waals surface area (Å²) in [5, 5.41) is 8.99. The Bertz CT molecular complexity index is 937. The molecule has 6 nitrogen and oxygen atoms in total. The number of halogens is 1. The van der Waals surface area contributed by atoms with Crippen LogP contribution in [0.3, 0.4) is 0 Å². The third kappa shape index (κ3) is 5.09. The molecule has 0 aromatic heterocycles. The molecule has 30 heavy (non-hydrogen) atoms. The highest BCUT2D eigenvalue weighted by Crippen LogP contribution is 2.40. The van der Waals surface area contributed by atoms with Gasteiger partial charge in [-0.3, -0.25) is 4.90 Å². The number of hydrogen-bond donors (Lipinski definition) is 1. The molecule has 1 atom stereocenters. The Morgan fingerprint density at radius 3 is 2.60 bits per heavy atom. The van der Waals surface area contributed by atoms with Gasteiger partial charge in [0.1, 0.15) is 11.6 Å². The molecule has 1 aliphatic rings. The predicted molar refractivity (Wildman–Crippen MR) is 109 cm³/mol. The molecule has 0 saturated carbocycles. The van der Waals surface area contributed by atoms with Gasteiger partial charge < -0.3 is 14.6 Å². The van der Waals surface area contributed by atoms with E-state index >= 15 is 0 Å². The van der Waals surface area contributed by atoms with Gasteiger partial charge in [-0.1, -0.05) is 45.0 Å². The second-order valence-corrected chi connectivity index (χ2v) is 8.52. The number of carboxylic acids is 1. The van der Waals surface area contributed by atoms with Crippen LogP contribution < -0.4 is 4.74 Å². The molecule has 7 heteroatoms. The zero-order valence-electron chi connectivity index (χ0n) is 17.4. The van der Waals surface area contributed by atoms with Crippen LogP contribution in [0.2, 0.25) is 0 Å². The van der Waals surface area contributed by atoms with Crippen LogP contribution in [0.1, 0.15) is 43.5 Å². The molecule has 1 heterocycles. The summed E-state index contributed by atoms with van der Waals surface area (Å²) in [6.07, 6.45) is 0.135. The Kier molecular flexibility index (Phi) is 6.29. The molecule has 160 valence electrons. The van der Waals surface area contributed by atoms with Gasteiger partial charge in [0.15, 0.2) is 6.61 Å². The van der Waals surface area contributed by atoms with Gasteiger partial charge in [-0.25, -0.2) is 14.0 Å². The van der Waals surface area contributed by atoms with Crippen LogP contribution in [0, 0.1) is 11.2 Å². The molecule has 0 fully saturated rings. The van der Waals surface area contributed by atoms with Gasteiger partial charge in [-0.05, 0) is 41.2 Å². The fourth-order valence-corrected chi connectivity index (χ4v) is 3.46. The summed E-state index contributed by atoms with van der Waals surface area (Å²) in [4.78, 5) is 25.5. The highest BCUT2D eigenvalue weighted by atomic mass is 19.1. The van der Waals surface area contributed by atoms with Crippen molar-refractivity contribution in [3.05, 3.63) is 65.0 Å². The van der Waals surface area contributed by atoms with Crippen LogP contribution in [0.25, 0.3) is 0 Å². The van der Waals surface area contributed by atoms with Crippen molar-refractivity contribution in [2.24, 2.45) is 5.41 Å². The van der Waals surface area contributed by atoms with E-state index in [2.05, 4.69) is 0 Å². The van der Waals surface area contributed by atoms with Crippen LogP contribution in [0.15, 0.2) is 42.5 Å². The summed E-state index contributed by atoms with van der Waals surface area (Å²) < 4.78 is 25.2. The fraction of sp³-hybridized carbons (Fsp3) is 0.391. The second kappa shape index (κ2) is 8.73. The summed E-state index contributed by atoms with van der Waals surface area (Å²) in [6, 6.07) is 10.9. The zero-order valence-corrected chi connectivity index (χ0v) is 17.4. The number of nitrogens with zero attached hydrogens (tertiary/aromatic N) is 1. The lowest BCUT2D eigenvalue weighted by Gasteiger charge is -2.38. The van der Waals surface area contributed by atoms with Gasteiger partial charge in [-0.15, -0.1) is 0 Å². The molecule has 0 saturated heterocycles. The minimum atomic E-state index is -1.14. The van der Waals surface area contributed by atoms with Crippen molar-refractivity contribution < 1.29 is 28.6 Å². The predicted octanol–water partition coefficient (Wildman–Crippen LogP) is 4.42. The van der Waals surface area contributed by atoms with Gasteiger partial charge in [0.2, 0.25) is 0 Å². The summed E-state index contributed by atoms with van der Waals surface area (Å²) in [5.41, 5.74) is 2.06. The SMILES string of the molecule is CC(C)(C)COC(=O)N1CCc2ccccc2C1c1cc(F)ccc1OCC(=O)O. The smallest absolute Gasteiger partial charge is 0.410 e. The molecule has 1 N–H and O–H groups in total. The molecule has 0 spiro atoms. The first kappa shape index (κ1) is 21.6. The van der Waals surface area contributed by atoms with Crippen molar-refractivity contribution in [2.45, 2.75) is 33.2 Å². The van der Waals surface area contributed by atoms with Crippen LogP contribution in [-0.4, -0.2) is 41.8 Å². The molecule has 0 bridgehead atoms. The van der Waals surface area contributed by atoms with Crippen molar-refractivity contribution >= 4 is 12.1 Å². The number of amides is 1. The molecule has 0 radical (unpaired) electrons. The number of carbonyl (C=O) groups excluding carboxylic acids is 1. The minimum absolute atomic E-state index is 0.201. The van der Waals surface area contributed by atoms with Gasteiger partial charge >= 0.3 is 12.1 Å². The second-order valence-electron chi connectivity index (χ2n) is 8.52. The first-order chi connectivity index (χ1) is 14.2. The van der Waals surface area contributed by atoms with E-state index in [0.717, 1.165) is 11.1 Å². The Balaban J connectivity index is 2.04. The average molecular weight is 415 g/mol. The van der Waals surface area contributed by atoms with E-state index in [1.807, 2.05) is 45.0 Å². The maximum atomic E-state index is 14.2. The van der Waals surface area contributed by atoms with E-state index in [4.69, 9.17) is 14.6 Å². The van der Waals surface area contributed by atoms with Crippen molar-refractivity contribution in [1.82, 2.24) is 4.90 Å². The molecular formula is C23H26FNO5. The lowest BCUT2D eigenvalue weighted by Crippen LogP contribution is -2.42. The van der Waals surface area contributed by atoms with Crippen molar-refractivity contribution in [3.8, 4) is 5.75 Å². The third-order valence-electron chi connectivity index (χ3n) is 4.76. The summed E-state index contributed by atoms with van der Waals surface area (Å²) in [6.45, 7) is 5.96. The van der Waals surface area contributed by atoms with E-state index < -0.39 is 30.5 Å². The number of ether oxygens (including phenoxy) is 2. The average Bonchev–Trinajstić information content (AvgIpc) is 2.69. The Morgan fingerprint density at radius 1 is 1.17 bits per heavy atom. The summed E-state index contributed by atoms with van der Waals surface area (Å²) >= 11 is 0. The number of carbonyl (C=O) groups is 2. The molecule has 2 aromatic rings. The lowest BCUT2D eigenvalue weighted by atomic mass is 9.88. The van der Waals surface area contributed by atoms with Crippen LogP contribution in [-0.2, 0) is 16.0 Å². The fourth-order valence-electron chi connectivity index (χ4n) is 3.46. The van der Waals surface area contributed by atoms with Crippen LogP contribution in [0.5, 0.6) is 5.75 Å². The largest absolute Gasteiger partial charge is 0.482 e. The first-order valence-electron chi connectivity index (χ1n) is 9.81. The quantitative estimate of drug-likeness (QED) is 0.782. The van der Waals surface area contributed by atoms with E-state index in [1.165, 1.54) is 18.2 Å². The zero-order chi connectivity index (χ0) is 21.9. The van der Waals surface area contributed by atoms with E-state index in [-0.39, 0.29) is 17.8 Å². The van der Waals surface area contributed by atoms with Crippen LogP contribution >= 0.6 is 0 Å². The minimum Gasteiger partial charge on any atom is -0.482 e. The highest BCUT2D eigenvalue weighted by Gasteiger charge is 2.35. The maximum Gasteiger partial charge on any atom is 0.410 e. The number of carboxylic acid groups (broad SMARTS) is 1. The molecule has 2 aromatic carbocycles. The highest BCUT2D eigenvalue weighted by molar-refractivity contribution is 5.71. The summed E-state index contributed by atoms with van der Waals surface area (Å²) in [5.74, 6) is -1.43. The number of benzene rings is 2. The Morgan fingerprint density at radius 2 is 1.90 bits per heavy atom. The molecule has 1 amide bonds. The molecule has 1 aliphatic heterocycles. The number of rotatable bonds is 5. The Hall–Kier alpha value is -3.09. The van der Waals surface area contributed by atoms with Crippen molar-refractivity contribution in [1.29, 1.82) is 0 Å². The van der Waals surface area contributed by atoms with Gasteiger partial charge in [0.25, 0.3) is 0 Å². The molecular weight excluding hydrogens is 389 g/mol. The van der Waals surface area contributed by atoms with Crippen molar-refractivity contribution in [3.63, 3.8) is 0 Å². The van der Waals surface area contributed by atoms with Crippen LogP contribution in [0.4, 0.5) is 9.18 Å². The van der Waals surface area contributed by atoms with E-state index in [0.29, 0.717) is 18.5 Å². The topological polar surface area (TPSA) is 76.1 Å². The molecule has 3 rings (SSSR count). The number of aliphatic carboxylic acids is 1. The van der Waals surface area contributed by atoms with E-state index in [1.54, 1.807) is 4.90 Å². The van der Waals surface area contributed by atoms with Gasteiger partial charge in [0, 0.05) is 12.1 Å². The Labute approximate surface area is 175 Å². The standard InChI is InChI=1S/C23H26FNO5/c1-23(2,3)14-30-22(28)25-11-10-15-6-4-5-7-17(15)21(25)18-12-16(24)8-9-19(18)29-13-20(26)27/h4-9,12,21H,10-11,13-14H2,1-3H3,(H,26,27). The van der Waals surface area contributed by atoms with Gasteiger partial charge in [0.05, 0.1) is 12.6 Å². The lowest BCUT2D eigenvalue weighted by molar-refractivity contribution is -0.139. The van der Waals surface area contributed by atoms with Gasteiger partial charge in [-0.2, -0.15) is 0 Å². The number of fused-ring (bicyclic) bond motifs is 1.